The molecule has 1 amide bonds. The van der Waals surface area contributed by atoms with Crippen LogP contribution in [0.5, 0.6) is 0 Å². The van der Waals surface area contributed by atoms with Gasteiger partial charge in [0, 0.05) is 24.9 Å². The highest BCUT2D eigenvalue weighted by molar-refractivity contribution is 5.89. The summed E-state index contributed by atoms with van der Waals surface area (Å²) in [6.45, 7) is 8.24. The zero-order valence-corrected chi connectivity index (χ0v) is 13.8. The third-order valence-electron chi connectivity index (χ3n) is 4.10. The van der Waals surface area contributed by atoms with Gasteiger partial charge in [-0.05, 0) is 40.5 Å². The number of likely N-dealkylation sites (tertiary alicyclic amines) is 1. The monoisotopic (exact) mass is 311 g/mol. The average Bonchev–Trinajstić information content (AvgIpc) is 2.36. The summed E-state index contributed by atoms with van der Waals surface area (Å²) in [5.74, 6) is -0.853. The van der Waals surface area contributed by atoms with E-state index in [1.165, 1.54) is 0 Å². The minimum Gasteiger partial charge on any atom is -0.466 e. The Hall–Kier alpha value is -1.59. The minimum atomic E-state index is -0.554. The van der Waals surface area contributed by atoms with Gasteiger partial charge in [0.1, 0.15) is 11.4 Å². The fourth-order valence-electron chi connectivity index (χ4n) is 3.21. The summed E-state index contributed by atoms with van der Waals surface area (Å²) >= 11 is 0. The zero-order chi connectivity index (χ0) is 16.5. The summed E-state index contributed by atoms with van der Waals surface area (Å²) in [7, 11) is 0. The molecule has 2 bridgehead atoms. The summed E-state index contributed by atoms with van der Waals surface area (Å²) in [5.41, 5.74) is -0.554. The van der Waals surface area contributed by atoms with Crippen molar-refractivity contribution in [3.05, 3.63) is 0 Å². The van der Waals surface area contributed by atoms with Gasteiger partial charge in [-0.25, -0.2) is 4.79 Å². The molecule has 0 radical (unpaired) electrons. The van der Waals surface area contributed by atoms with E-state index in [0.29, 0.717) is 32.5 Å². The molecule has 6 heteroatoms. The van der Waals surface area contributed by atoms with Gasteiger partial charge in [-0.1, -0.05) is 0 Å². The molecule has 2 rings (SSSR count). The highest BCUT2D eigenvalue weighted by Crippen LogP contribution is 2.36. The van der Waals surface area contributed by atoms with E-state index in [1.807, 2.05) is 20.8 Å². The van der Waals surface area contributed by atoms with Crippen LogP contribution >= 0.6 is 0 Å². The molecule has 1 saturated heterocycles. The van der Waals surface area contributed by atoms with E-state index in [2.05, 4.69) is 0 Å². The van der Waals surface area contributed by atoms with Crippen LogP contribution in [-0.4, -0.2) is 48.0 Å². The van der Waals surface area contributed by atoms with Crippen molar-refractivity contribution in [1.82, 2.24) is 4.90 Å². The predicted molar refractivity (Wildman–Crippen MR) is 79.2 cm³/mol. The summed E-state index contributed by atoms with van der Waals surface area (Å²) < 4.78 is 10.4. The molecule has 1 aliphatic carbocycles. The first-order chi connectivity index (χ1) is 10.2. The number of hydrogen-bond acceptors (Lipinski definition) is 5. The molecule has 0 aromatic heterocycles. The highest BCUT2D eigenvalue weighted by Gasteiger charge is 2.46. The van der Waals surface area contributed by atoms with Crippen molar-refractivity contribution in [3.8, 4) is 0 Å². The molecule has 2 aliphatic rings. The lowest BCUT2D eigenvalue weighted by Gasteiger charge is -2.42. The number of esters is 1. The van der Waals surface area contributed by atoms with E-state index in [0.717, 1.165) is 0 Å². The molecule has 124 valence electrons. The van der Waals surface area contributed by atoms with E-state index in [-0.39, 0.29) is 35.6 Å². The number of Topliss-reactive ketones (excluding diaryl/α,β-unsaturated/α-hetero) is 1. The normalized spacial score (nSPS) is 28.3. The Morgan fingerprint density at radius 1 is 1.18 bits per heavy atom. The Morgan fingerprint density at radius 3 is 2.18 bits per heavy atom. The summed E-state index contributed by atoms with van der Waals surface area (Å²) in [6, 6.07) is 0. The molecule has 1 heterocycles. The largest absolute Gasteiger partial charge is 0.466 e. The van der Waals surface area contributed by atoms with Crippen molar-refractivity contribution < 1.29 is 23.9 Å². The van der Waals surface area contributed by atoms with Crippen molar-refractivity contribution in [3.63, 3.8) is 0 Å². The Kier molecular flexibility index (Phi) is 4.78. The first-order valence-electron chi connectivity index (χ1n) is 7.89. The van der Waals surface area contributed by atoms with Crippen molar-refractivity contribution in [2.75, 3.05) is 19.7 Å². The van der Waals surface area contributed by atoms with Crippen molar-refractivity contribution >= 4 is 17.8 Å². The molecule has 1 saturated carbocycles. The number of amides is 1. The van der Waals surface area contributed by atoms with E-state index >= 15 is 0 Å². The molecule has 2 unspecified atom stereocenters. The first-order valence-corrected chi connectivity index (χ1v) is 7.89. The van der Waals surface area contributed by atoms with E-state index in [4.69, 9.17) is 9.47 Å². The van der Waals surface area contributed by atoms with Crippen LogP contribution in [0, 0.1) is 17.8 Å². The summed E-state index contributed by atoms with van der Waals surface area (Å²) in [5, 5.41) is 0. The number of hydrogen-bond donors (Lipinski definition) is 0. The summed E-state index contributed by atoms with van der Waals surface area (Å²) in [6.07, 6.45) is 0.547. The molecule has 0 aromatic carbocycles. The van der Waals surface area contributed by atoms with Crippen LogP contribution in [0.1, 0.15) is 40.5 Å². The lowest BCUT2D eigenvalue weighted by atomic mass is 9.71. The van der Waals surface area contributed by atoms with Crippen molar-refractivity contribution in [1.29, 1.82) is 0 Å². The van der Waals surface area contributed by atoms with Gasteiger partial charge >= 0.3 is 12.1 Å². The highest BCUT2D eigenvalue weighted by atomic mass is 16.6. The predicted octanol–water partition coefficient (Wildman–Crippen LogP) is 2.01. The standard InChI is InChI=1S/C16H25NO5/c1-5-21-14(19)10-6-11-8-17(9-12(7-10)13(11)18)15(20)22-16(2,3)4/h10-12H,5-9H2,1-4H3. The van der Waals surface area contributed by atoms with Gasteiger partial charge in [-0.2, -0.15) is 0 Å². The second-order valence-corrected chi connectivity index (χ2v) is 7.10. The number of rotatable bonds is 2. The Balaban J connectivity index is 2.02. The van der Waals surface area contributed by atoms with Gasteiger partial charge < -0.3 is 14.4 Å². The van der Waals surface area contributed by atoms with Gasteiger partial charge in [0.15, 0.2) is 0 Å². The molecule has 6 nitrogen and oxygen atoms in total. The molecular formula is C16H25NO5. The zero-order valence-electron chi connectivity index (χ0n) is 13.8. The number of carbonyl (C=O) groups is 3. The SMILES string of the molecule is CCOC(=O)C1CC2CN(C(=O)OC(C)(C)C)CC(C1)C2=O. The van der Waals surface area contributed by atoms with Gasteiger partial charge in [-0.3, -0.25) is 9.59 Å². The van der Waals surface area contributed by atoms with E-state index in [9.17, 15) is 14.4 Å². The molecule has 2 fully saturated rings. The van der Waals surface area contributed by atoms with Crippen molar-refractivity contribution in [2.45, 2.75) is 46.1 Å². The third kappa shape index (κ3) is 3.78. The van der Waals surface area contributed by atoms with Crippen LogP contribution in [0.15, 0.2) is 0 Å². The molecular weight excluding hydrogens is 286 g/mol. The first kappa shape index (κ1) is 16.8. The van der Waals surface area contributed by atoms with Gasteiger partial charge in [0.25, 0.3) is 0 Å². The van der Waals surface area contributed by atoms with Crippen LogP contribution in [0.25, 0.3) is 0 Å². The summed E-state index contributed by atoms with van der Waals surface area (Å²) in [4.78, 5) is 37.9. The van der Waals surface area contributed by atoms with Crippen molar-refractivity contribution in [2.24, 2.45) is 17.8 Å². The fraction of sp³-hybridized carbons (Fsp3) is 0.812. The second kappa shape index (κ2) is 6.26. The lowest BCUT2D eigenvalue weighted by molar-refractivity contribution is -0.153. The Morgan fingerprint density at radius 2 is 1.73 bits per heavy atom. The molecule has 1 aliphatic heterocycles. The number of ether oxygens (including phenoxy) is 2. The van der Waals surface area contributed by atoms with Crippen LogP contribution in [0.4, 0.5) is 4.79 Å². The molecule has 22 heavy (non-hydrogen) atoms. The quantitative estimate of drug-likeness (QED) is 0.729. The average molecular weight is 311 g/mol. The number of fused-ring (bicyclic) bond motifs is 2. The van der Waals surface area contributed by atoms with Crippen LogP contribution in [0.3, 0.4) is 0 Å². The number of piperidine rings is 1. The maximum atomic E-state index is 12.3. The van der Waals surface area contributed by atoms with Crippen LogP contribution in [-0.2, 0) is 19.1 Å². The maximum Gasteiger partial charge on any atom is 0.410 e. The number of carbonyl (C=O) groups excluding carboxylic acids is 3. The van der Waals surface area contributed by atoms with Crippen LogP contribution in [0.2, 0.25) is 0 Å². The Labute approximate surface area is 131 Å². The number of ketones is 1. The van der Waals surface area contributed by atoms with Crippen LogP contribution < -0.4 is 0 Å². The number of nitrogens with zero attached hydrogens (tertiary/aromatic N) is 1. The topological polar surface area (TPSA) is 72.9 Å². The fourth-order valence-corrected chi connectivity index (χ4v) is 3.21. The van der Waals surface area contributed by atoms with Gasteiger partial charge in [0.2, 0.25) is 0 Å². The van der Waals surface area contributed by atoms with Gasteiger partial charge in [-0.15, -0.1) is 0 Å². The van der Waals surface area contributed by atoms with E-state index in [1.54, 1.807) is 11.8 Å². The van der Waals surface area contributed by atoms with E-state index < -0.39 is 5.60 Å². The second-order valence-electron chi connectivity index (χ2n) is 7.10. The molecule has 0 spiro atoms. The molecule has 0 N–H and O–H groups in total. The lowest BCUT2D eigenvalue weighted by Crippen LogP contribution is -2.54. The maximum absolute atomic E-state index is 12.3. The molecule has 2 atom stereocenters. The third-order valence-corrected chi connectivity index (χ3v) is 4.10. The smallest absolute Gasteiger partial charge is 0.410 e. The Bertz CT molecular complexity index is 450. The minimum absolute atomic E-state index is 0.167. The van der Waals surface area contributed by atoms with Gasteiger partial charge in [0.05, 0.1) is 12.5 Å². The molecule has 0 aromatic rings.